The van der Waals surface area contributed by atoms with Crippen molar-refractivity contribution < 1.29 is 4.79 Å². The lowest BCUT2D eigenvalue weighted by atomic mass is 9.82. The van der Waals surface area contributed by atoms with Crippen molar-refractivity contribution >= 4 is 5.91 Å². The Morgan fingerprint density at radius 1 is 0.868 bits per heavy atom. The number of amides is 1. The highest BCUT2D eigenvalue weighted by molar-refractivity contribution is 5.81. The molecule has 3 aromatic rings. The number of nitrogens with zero attached hydrogens (tertiary/aromatic N) is 3. The van der Waals surface area contributed by atoms with Crippen LogP contribution in [0.3, 0.4) is 0 Å². The van der Waals surface area contributed by atoms with E-state index in [1.807, 2.05) is 4.90 Å². The summed E-state index contributed by atoms with van der Waals surface area (Å²) in [4.78, 5) is 23.6. The van der Waals surface area contributed by atoms with Gasteiger partial charge in [-0.15, -0.1) is 0 Å². The minimum atomic E-state index is -0.0515. The number of benzene rings is 2. The summed E-state index contributed by atoms with van der Waals surface area (Å²) in [5.74, 6) is 0.380. The normalized spacial score (nSPS) is 17.6. The molecule has 2 unspecified atom stereocenters. The molecule has 0 bridgehead atoms. The van der Waals surface area contributed by atoms with Crippen molar-refractivity contribution in [2.75, 3.05) is 26.2 Å². The van der Waals surface area contributed by atoms with Gasteiger partial charge in [0, 0.05) is 49.9 Å². The van der Waals surface area contributed by atoms with Gasteiger partial charge in [-0.2, -0.15) is 0 Å². The van der Waals surface area contributed by atoms with Crippen LogP contribution in [0.4, 0.5) is 0 Å². The van der Waals surface area contributed by atoms with Crippen molar-refractivity contribution in [3.63, 3.8) is 0 Å². The molecule has 1 fully saturated rings. The molecule has 2 aromatic carbocycles. The van der Waals surface area contributed by atoms with Crippen molar-refractivity contribution in [1.29, 1.82) is 0 Å². The summed E-state index contributed by atoms with van der Waals surface area (Å²) in [6.07, 6.45) is 2.91. The highest BCUT2D eigenvalue weighted by atomic mass is 16.2. The molecule has 1 saturated heterocycles. The number of carbonyl (C=O) groups excluding carboxylic acids is 1. The molecule has 0 aliphatic carbocycles. The van der Waals surface area contributed by atoms with Crippen LogP contribution in [-0.2, 0) is 30.6 Å². The van der Waals surface area contributed by atoms with Crippen LogP contribution in [0.2, 0.25) is 0 Å². The minimum Gasteiger partial charge on any atom is -0.343 e. The first-order valence-corrected chi connectivity index (χ1v) is 14.6. The van der Waals surface area contributed by atoms with E-state index in [1.165, 1.54) is 33.4 Å². The molecule has 2 heterocycles. The van der Waals surface area contributed by atoms with E-state index in [0.29, 0.717) is 0 Å². The average molecular weight is 512 g/mol. The summed E-state index contributed by atoms with van der Waals surface area (Å²) in [6, 6.07) is 19.6. The molecular formula is C34H45N3O. The van der Waals surface area contributed by atoms with E-state index in [1.54, 1.807) is 0 Å². The largest absolute Gasteiger partial charge is 0.343 e. The van der Waals surface area contributed by atoms with Crippen LogP contribution >= 0.6 is 0 Å². The monoisotopic (exact) mass is 511 g/mol. The lowest BCUT2D eigenvalue weighted by Gasteiger charge is -2.28. The average Bonchev–Trinajstić information content (AvgIpc) is 3.35. The predicted octanol–water partition coefficient (Wildman–Crippen LogP) is 6.83. The van der Waals surface area contributed by atoms with E-state index in [9.17, 15) is 4.79 Å². The second-order valence-electron chi connectivity index (χ2n) is 10.6. The molecule has 1 aromatic heterocycles. The maximum absolute atomic E-state index is 13.8. The molecule has 38 heavy (non-hydrogen) atoms. The molecule has 1 amide bonds. The van der Waals surface area contributed by atoms with Crippen molar-refractivity contribution in [2.24, 2.45) is 5.92 Å². The maximum Gasteiger partial charge on any atom is 0.227 e. The van der Waals surface area contributed by atoms with Gasteiger partial charge in [0.25, 0.3) is 0 Å². The third-order valence-electron chi connectivity index (χ3n) is 8.38. The summed E-state index contributed by atoms with van der Waals surface area (Å²) in [5.41, 5.74) is 10.1. The number of rotatable bonds is 10. The van der Waals surface area contributed by atoms with Crippen LogP contribution in [0.25, 0.3) is 11.3 Å². The zero-order chi connectivity index (χ0) is 27.2. The molecule has 2 atom stereocenters. The SMILES string of the molecule is CCc1cccc(CC)c1-c1cc(CC)c(C2CN(Cc3ccccc3)CC2C(=O)N(CC)CC)c(C)n1. The van der Waals surface area contributed by atoms with Crippen molar-refractivity contribution in [3.05, 3.63) is 88.1 Å². The van der Waals surface area contributed by atoms with Crippen LogP contribution in [0.15, 0.2) is 54.6 Å². The summed E-state index contributed by atoms with van der Waals surface area (Å²) < 4.78 is 0. The Morgan fingerprint density at radius 3 is 2.08 bits per heavy atom. The van der Waals surface area contributed by atoms with Gasteiger partial charge in [0.05, 0.1) is 11.6 Å². The van der Waals surface area contributed by atoms with Gasteiger partial charge in [-0.25, -0.2) is 0 Å². The molecule has 4 heteroatoms. The molecule has 202 valence electrons. The highest BCUT2D eigenvalue weighted by Crippen LogP contribution is 2.40. The molecule has 0 saturated carbocycles. The Morgan fingerprint density at radius 2 is 1.50 bits per heavy atom. The second-order valence-corrected chi connectivity index (χ2v) is 10.6. The fourth-order valence-corrected chi connectivity index (χ4v) is 6.42. The zero-order valence-electron chi connectivity index (χ0n) is 24.3. The Balaban J connectivity index is 1.78. The first-order chi connectivity index (χ1) is 18.4. The molecule has 1 aliphatic heterocycles. The van der Waals surface area contributed by atoms with E-state index in [4.69, 9.17) is 4.98 Å². The Hall–Kier alpha value is -2.98. The zero-order valence-corrected chi connectivity index (χ0v) is 24.3. The van der Waals surface area contributed by atoms with Crippen molar-refractivity contribution in [1.82, 2.24) is 14.8 Å². The van der Waals surface area contributed by atoms with Crippen LogP contribution in [-0.4, -0.2) is 46.9 Å². The topological polar surface area (TPSA) is 36.4 Å². The minimum absolute atomic E-state index is 0.0515. The lowest BCUT2D eigenvalue weighted by molar-refractivity contribution is -0.135. The first-order valence-electron chi connectivity index (χ1n) is 14.6. The number of aromatic nitrogens is 1. The molecule has 1 aliphatic rings. The van der Waals surface area contributed by atoms with E-state index in [0.717, 1.165) is 63.4 Å². The van der Waals surface area contributed by atoms with Gasteiger partial charge >= 0.3 is 0 Å². The number of pyridine rings is 1. The van der Waals surface area contributed by atoms with Crippen molar-refractivity contribution in [2.45, 2.75) is 73.3 Å². The van der Waals surface area contributed by atoms with Gasteiger partial charge in [-0.3, -0.25) is 14.7 Å². The quantitative estimate of drug-likeness (QED) is 0.299. The van der Waals surface area contributed by atoms with Crippen LogP contribution in [0.1, 0.15) is 74.0 Å². The highest BCUT2D eigenvalue weighted by Gasteiger charge is 2.41. The molecule has 0 N–H and O–H groups in total. The lowest BCUT2D eigenvalue weighted by Crippen LogP contribution is -2.39. The van der Waals surface area contributed by atoms with Gasteiger partial charge in [0.2, 0.25) is 5.91 Å². The van der Waals surface area contributed by atoms with Crippen LogP contribution < -0.4 is 0 Å². The van der Waals surface area contributed by atoms with E-state index >= 15 is 0 Å². The smallest absolute Gasteiger partial charge is 0.227 e. The second kappa shape index (κ2) is 12.7. The Labute approximate surface area is 230 Å². The summed E-state index contributed by atoms with van der Waals surface area (Å²) in [5, 5.41) is 0. The van der Waals surface area contributed by atoms with E-state index < -0.39 is 0 Å². The first kappa shape index (κ1) is 28.0. The Bertz CT molecular complexity index is 1210. The third kappa shape index (κ3) is 5.71. The molecule has 4 nitrogen and oxygen atoms in total. The fourth-order valence-electron chi connectivity index (χ4n) is 6.42. The van der Waals surface area contributed by atoms with Gasteiger partial charge in [-0.05, 0) is 73.9 Å². The number of hydrogen-bond donors (Lipinski definition) is 0. The molecule has 0 spiro atoms. The van der Waals surface area contributed by atoms with Crippen molar-refractivity contribution in [3.8, 4) is 11.3 Å². The van der Waals surface area contributed by atoms with Gasteiger partial charge in [0.1, 0.15) is 0 Å². The van der Waals surface area contributed by atoms with Gasteiger partial charge < -0.3 is 4.90 Å². The van der Waals surface area contributed by atoms with Crippen LogP contribution in [0, 0.1) is 12.8 Å². The fraction of sp³-hybridized carbons (Fsp3) is 0.471. The van der Waals surface area contributed by atoms with E-state index in [-0.39, 0.29) is 17.7 Å². The summed E-state index contributed by atoms with van der Waals surface area (Å²) in [7, 11) is 0. The molecule has 4 rings (SSSR count). The predicted molar refractivity (Wildman–Crippen MR) is 158 cm³/mol. The maximum atomic E-state index is 13.8. The Kier molecular flexibility index (Phi) is 9.38. The summed E-state index contributed by atoms with van der Waals surface area (Å²) >= 11 is 0. The van der Waals surface area contributed by atoms with Gasteiger partial charge in [-0.1, -0.05) is 69.3 Å². The molecule has 0 radical (unpaired) electrons. The standard InChI is InChI=1S/C34H45N3O/c1-7-26-18-15-19-27(8-2)33(26)31-20-28(9-3)32(24(6)35-31)29-22-36(21-25-16-13-12-14-17-25)23-30(29)34(38)37(10-4)11-5/h12-20,29-30H,7-11,21-23H2,1-6H3. The number of hydrogen-bond acceptors (Lipinski definition) is 3. The number of carbonyl (C=O) groups is 1. The number of likely N-dealkylation sites (tertiary alicyclic amines) is 1. The summed E-state index contributed by atoms with van der Waals surface area (Å²) in [6.45, 7) is 17.1. The van der Waals surface area contributed by atoms with Gasteiger partial charge in [0.15, 0.2) is 0 Å². The third-order valence-corrected chi connectivity index (χ3v) is 8.38. The number of aryl methyl sites for hydroxylation is 4. The van der Waals surface area contributed by atoms with Crippen LogP contribution in [0.5, 0.6) is 0 Å². The molecular weight excluding hydrogens is 466 g/mol. The van der Waals surface area contributed by atoms with E-state index in [2.05, 4.69) is 101 Å².